The Morgan fingerprint density at radius 3 is 2.34 bits per heavy atom. The summed E-state index contributed by atoms with van der Waals surface area (Å²) in [5, 5.41) is 16.7. The van der Waals surface area contributed by atoms with E-state index in [1.807, 2.05) is 18.0 Å². The number of aromatic amines is 1. The minimum absolute atomic E-state index is 0.342. The third kappa shape index (κ3) is 5.14. The van der Waals surface area contributed by atoms with E-state index in [9.17, 15) is 0 Å². The fraction of sp³-hybridized carbons (Fsp3) is 0.438. The molecule has 0 spiro atoms. The van der Waals surface area contributed by atoms with Gasteiger partial charge in [-0.1, -0.05) is 30.3 Å². The van der Waals surface area contributed by atoms with Crippen LogP contribution in [0.2, 0.25) is 0 Å². The lowest BCUT2D eigenvalue weighted by molar-refractivity contribution is 0.118. The van der Waals surface area contributed by atoms with Crippen LogP contribution in [0.25, 0.3) is 33.4 Å². The van der Waals surface area contributed by atoms with E-state index in [2.05, 4.69) is 70.6 Å². The van der Waals surface area contributed by atoms with Gasteiger partial charge in [-0.15, -0.1) is 11.8 Å². The highest BCUT2D eigenvalue weighted by atomic mass is 32.2. The molecule has 1 saturated heterocycles. The highest BCUT2D eigenvalue weighted by Crippen LogP contribution is 2.40. The number of rotatable bonds is 5. The van der Waals surface area contributed by atoms with Crippen LogP contribution in [0.15, 0.2) is 59.6 Å². The number of aliphatic hydroxyl groups is 1. The van der Waals surface area contributed by atoms with E-state index in [-0.39, 0.29) is 0 Å². The van der Waals surface area contributed by atoms with Crippen LogP contribution in [-0.2, 0) is 12.8 Å². The molecule has 7 rings (SSSR count). The Hall–Kier alpha value is -2.67. The molecule has 1 aliphatic heterocycles. The maximum Gasteiger partial charge on any atom is 0.181 e. The van der Waals surface area contributed by atoms with Crippen molar-refractivity contribution in [1.29, 1.82) is 0 Å². The molecule has 6 heteroatoms. The normalized spacial score (nSPS) is 21.6. The van der Waals surface area contributed by atoms with Crippen molar-refractivity contribution in [2.45, 2.75) is 74.0 Å². The highest BCUT2D eigenvalue weighted by molar-refractivity contribution is 8.00. The van der Waals surface area contributed by atoms with Crippen LogP contribution in [0.4, 0.5) is 0 Å². The predicted octanol–water partition coefficient (Wildman–Crippen LogP) is 6.89. The SMILES string of the molecule is CC1(N2CCCC2)CCc2ccc(-c3cnc4n[nH]c(-c5ccc(SC6CC6)cc5)c4c3)cc2CC1.CO. The third-order valence-corrected chi connectivity index (χ3v) is 10.0. The molecule has 2 fully saturated rings. The average Bonchev–Trinajstić information content (AvgIpc) is 3.45. The number of benzene rings is 2. The Bertz CT molecular complexity index is 1410. The Morgan fingerprint density at radius 2 is 1.61 bits per heavy atom. The zero-order chi connectivity index (χ0) is 26.1. The van der Waals surface area contributed by atoms with Crippen LogP contribution in [0.3, 0.4) is 0 Å². The minimum atomic E-state index is 0.342. The average molecular weight is 527 g/mol. The smallest absolute Gasteiger partial charge is 0.181 e. The van der Waals surface area contributed by atoms with Gasteiger partial charge in [0.1, 0.15) is 0 Å². The van der Waals surface area contributed by atoms with Crippen molar-refractivity contribution in [1.82, 2.24) is 20.1 Å². The summed E-state index contributed by atoms with van der Waals surface area (Å²) in [6.07, 6.45) is 12.3. The number of nitrogens with zero attached hydrogens (tertiary/aromatic N) is 3. The first kappa shape index (κ1) is 25.6. The summed E-state index contributed by atoms with van der Waals surface area (Å²) in [6, 6.07) is 18.3. The molecule has 2 N–H and O–H groups in total. The van der Waals surface area contributed by atoms with Crippen LogP contribution in [0.1, 0.15) is 56.6 Å². The van der Waals surface area contributed by atoms with Gasteiger partial charge in [0.05, 0.1) is 5.69 Å². The van der Waals surface area contributed by atoms with Crippen molar-refractivity contribution in [3.8, 4) is 22.4 Å². The number of likely N-dealkylation sites (tertiary alicyclic amines) is 1. The molecule has 3 aliphatic rings. The summed E-state index contributed by atoms with van der Waals surface area (Å²) >= 11 is 2.00. The van der Waals surface area contributed by atoms with Gasteiger partial charge >= 0.3 is 0 Å². The van der Waals surface area contributed by atoms with E-state index >= 15 is 0 Å². The van der Waals surface area contributed by atoms with E-state index < -0.39 is 0 Å². The number of aryl methyl sites for hydroxylation is 2. The van der Waals surface area contributed by atoms with Crippen LogP contribution >= 0.6 is 11.8 Å². The fourth-order valence-electron chi connectivity index (χ4n) is 6.14. The zero-order valence-corrected chi connectivity index (χ0v) is 23.4. The van der Waals surface area contributed by atoms with Gasteiger partial charge in [0.25, 0.3) is 0 Å². The van der Waals surface area contributed by atoms with Gasteiger partial charge in [0.15, 0.2) is 5.65 Å². The maximum absolute atomic E-state index is 7.00. The van der Waals surface area contributed by atoms with Crippen molar-refractivity contribution in [2.24, 2.45) is 0 Å². The Kier molecular flexibility index (Phi) is 7.30. The number of aromatic nitrogens is 3. The lowest BCUT2D eigenvalue weighted by atomic mass is 9.90. The second kappa shape index (κ2) is 10.8. The molecular formula is C32H38N4OS. The number of H-pyrrole nitrogens is 1. The van der Waals surface area contributed by atoms with Crippen molar-refractivity contribution in [3.05, 3.63) is 65.9 Å². The van der Waals surface area contributed by atoms with Crippen LogP contribution in [-0.4, -0.2) is 56.2 Å². The number of hydrogen-bond acceptors (Lipinski definition) is 5. The van der Waals surface area contributed by atoms with Gasteiger partial charge < -0.3 is 5.11 Å². The van der Waals surface area contributed by atoms with Gasteiger partial charge in [-0.25, -0.2) is 4.98 Å². The number of fused-ring (bicyclic) bond motifs is 2. The molecular weight excluding hydrogens is 488 g/mol. The summed E-state index contributed by atoms with van der Waals surface area (Å²) in [6.45, 7) is 5.05. The summed E-state index contributed by atoms with van der Waals surface area (Å²) in [5.41, 5.74) is 8.82. The molecule has 38 heavy (non-hydrogen) atoms. The molecule has 1 atom stereocenters. The molecule has 0 bridgehead atoms. The number of aliphatic hydroxyl groups excluding tert-OH is 1. The topological polar surface area (TPSA) is 65.0 Å². The van der Waals surface area contributed by atoms with E-state index in [0.29, 0.717) is 5.54 Å². The van der Waals surface area contributed by atoms with E-state index in [1.165, 1.54) is 90.7 Å². The summed E-state index contributed by atoms with van der Waals surface area (Å²) in [5.74, 6) is 0. The van der Waals surface area contributed by atoms with Gasteiger partial charge in [-0.3, -0.25) is 10.00 Å². The highest BCUT2D eigenvalue weighted by Gasteiger charge is 2.34. The summed E-state index contributed by atoms with van der Waals surface area (Å²) < 4.78 is 0. The Morgan fingerprint density at radius 1 is 0.895 bits per heavy atom. The van der Waals surface area contributed by atoms with E-state index in [4.69, 9.17) is 10.1 Å². The standard InChI is InChI=1S/C31H34N4S.CH4O/c1-31(35-16-2-3-17-35)14-12-21-4-5-23(18-24(21)13-15-31)25-19-28-29(33-34-30(28)32-20-25)22-6-8-26(9-7-22)36-27-10-11-27;1-2/h4-9,18-20,27H,2-3,10-17H2,1H3,(H,32,33,34);2H,1H3. The van der Waals surface area contributed by atoms with Gasteiger partial charge in [0, 0.05) is 45.5 Å². The van der Waals surface area contributed by atoms with E-state index in [1.54, 1.807) is 0 Å². The molecule has 2 aromatic heterocycles. The molecule has 3 heterocycles. The molecule has 1 saturated carbocycles. The number of pyridine rings is 1. The van der Waals surface area contributed by atoms with Crippen molar-refractivity contribution in [3.63, 3.8) is 0 Å². The number of hydrogen-bond donors (Lipinski definition) is 2. The number of thioether (sulfide) groups is 1. The molecule has 198 valence electrons. The molecule has 5 nitrogen and oxygen atoms in total. The zero-order valence-electron chi connectivity index (χ0n) is 22.5. The molecule has 1 unspecified atom stereocenters. The minimum Gasteiger partial charge on any atom is -0.400 e. The molecule has 0 amide bonds. The van der Waals surface area contributed by atoms with Gasteiger partial charge in [-0.05, 0) is 106 Å². The first-order valence-corrected chi connectivity index (χ1v) is 15.0. The Labute approximate surface area is 230 Å². The lowest BCUT2D eigenvalue weighted by Crippen LogP contribution is -2.44. The molecule has 2 aromatic carbocycles. The largest absolute Gasteiger partial charge is 0.400 e. The molecule has 0 radical (unpaired) electrons. The predicted molar refractivity (Wildman–Crippen MR) is 158 cm³/mol. The second-order valence-corrected chi connectivity index (χ2v) is 12.6. The van der Waals surface area contributed by atoms with Gasteiger partial charge in [0.2, 0.25) is 0 Å². The first-order chi connectivity index (χ1) is 18.6. The lowest BCUT2D eigenvalue weighted by Gasteiger charge is -2.38. The molecule has 4 aromatic rings. The second-order valence-electron chi connectivity index (χ2n) is 11.2. The third-order valence-electron chi connectivity index (χ3n) is 8.65. The Balaban J connectivity index is 0.00000129. The van der Waals surface area contributed by atoms with Crippen molar-refractivity contribution < 1.29 is 5.11 Å². The van der Waals surface area contributed by atoms with E-state index in [0.717, 1.165) is 35.5 Å². The summed E-state index contributed by atoms with van der Waals surface area (Å²) in [7, 11) is 1.00. The van der Waals surface area contributed by atoms with Crippen molar-refractivity contribution >= 4 is 22.8 Å². The summed E-state index contributed by atoms with van der Waals surface area (Å²) in [4.78, 5) is 8.84. The number of nitrogens with one attached hydrogen (secondary N) is 1. The maximum atomic E-state index is 7.00. The van der Waals surface area contributed by atoms with Gasteiger partial charge in [-0.2, -0.15) is 5.10 Å². The fourth-order valence-corrected chi connectivity index (χ4v) is 7.19. The van der Waals surface area contributed by atoms with Crippen LogP contribution in [0, 0.1) is 0 Å². The van der Waals surface area contributed by atoms with Crippen LogP contribution < -0.4 is 0 Å². The van der Waals surface area contributed by atoms with Crippen molar-refractivity contribution in [2.75, 3.05) is 20.2 Å². The quantitative estimate of drug-likeness (QED) is 0.277. The molecule has 2 aliphatic carbocycles. The monoisotopic (exact) mass is 526 g/mol. The van der Waals surface area contributed by atoms with Crippen LogP contribution in [0.5, 0.6) is 0 Å². The first-order valence-electron chi connectivity index (χ1n) is 14.1.